The van der Waals surface area contributed by atoms with Crippen LogP contribution in [0.2, 0.25) is 0 Å². The molecule has 0 aromatic rings. The second kappa shape index (κ2) is 8.05. The number of allylic oxidation sites excluding steroid dienone is 6. The molecular formula is C16H12Cl4F6S. The Morgan fingerprint density at radius 3 is 1.15 bits per heavy atom. The topological polar surface area (TPSA) is 0 Å². The predicted molar refractivity (Wildman–Crippen MR) is 100 cm³/mol. The van der Waals surface area contributed by atoms with Crippen molar-refractivity contribution in [3.63, 3.8) is 0 Å². The molecule has 0 aromatic heterocycles. The molecule has 0 amide bonds. The van der Waals surface area contributed by atoms with E-state index in [0.29, 0.717) is 11.8 Å². The maximum atomic E-state index is 14.3. The maximum Gasteiger partial charge on any atom is 0.271 e. The van der Waals surface area contributed by atoms with Gasteiger partial charge in [0.2, 0.25) is 0 Å². The third kappa shape index (κ3) is 3.91. The van der Waals surface area contributed by atoms with Crippen LogP contribution in [0, 0.1) is 0 Å². The Bertz CT molecular complexity index is 630. The molecule has 0 N–H and O–H groups in total. The van der Waals surface area contributed by atoms with Gasteiger partial charge in [0.25, 0.3) is 12.9 Å². The van der Waals surface area contributed by atoms with E-state index in [0.717, 1.165) is 24.3 Å². The van der Waals surface area contributed by atoms with E-state index in [1.54, 1.807) is 0 Å². The average molecular weight is 492 g/mol. The maximum absolute atomic E-state index is 14.3. The lowest BCUT2D eigenvalue weighted by Gasteiger charge is -2.49. The molecule has 11 heteroatoms. The molecule has 2 aliphatic carbocycles. The molecule has 2 rings (SSSR count). The summed E-state index contributed by atoms with van der Waals surface area (Å²) in [6.07, 6.45) is -3.93. The molecule has 0 aromatic carbocycles. The van der Waals surface area contributed by atoms with Crippen LogP contribution in [-0.2, 0) is 0 Å². The van der Waals surface area contributed by atoms with E-state index in [1.807, 2.05) is 0 Å². The van der Waals surface area contributed by atoms with Crippen molar-refractivity contribution in [3.05, 3.63) is 48.6 Å². The van der Waals surface area contributed by atoms with Crippen LogP contribution in [0.1, 0.15) is 0 Å². The van der Waals surface area contributed by atoms with E-state index < -0.39 is 43.4 Å². The summed E-state index contributed by atoms with van der Waals surface area (Å²) in [4.78, 5) is -5.01. The molecule has 0 saturated carbocycles. The summed E-state index contributed by atoms with van der Waals surface area (Å²) in [5.74, 6) is 0. The monoisotopic (exact) mass is 490 g/mol. The van der Waals surface area contributed by atoms with Crippen molar-refractivity contribution < 1.29 is 26.3 Å². The van der Waals surface area contributed by atoms with Crippen LogP contribution in [0.5, 0.6) is 0 Å². The third-order valence-electron chi connectivity index (χ3n) is 4.11. The fourth-order valence-electron chi connectivity index (χ4n) is 2.60. The second-order valence-electron chi connectivity index (χ2n) is 5.84. The first-order valence-corrected chi connectivity index (χ1v) is 9.70. The molecule has 152 valence electrons. The van der Waals surface area contributed by atoms with E-state index in [9.17, 15) is 26.3 Å². The Hall–Kier alpha value is 0.0500. The molecule has 0 saturated heterocycles. The van der Waals surface area contributed by atoms with Crippen LogP contribution >= 0.6 is 58.2 Å². The number of rotatable bonds is 6. The number of thioether (sulfide) groups is 1. The molecule has 27 heavy (non-hydrogen) atoms. The average Bonchev–Trinajstić information content (AvgIpc) is 2.58. The highest BCUT2D eigenvalue weighted by molar-refractivity contribution is 8.05. The summed E-state index contributed by atoms with van der Waals surface area (Å²) in [6, 6.07) is 0. The summed E-state index contributed by atoms with van der Waals surface area (Å²) in [5.41, 5.74) is 0. The SMILES string of the molecule is FC(F)C(F)C1(Cl)C=CC=CC1(Cl)SC1(Cl)C=CC=CC1(Cl)C(F)C(F)F. The second-order valence-corrected chi connectivity index (χ2v) is 10.2. The van der Waals surface area contributed by atoms with Crippen LogP contribution < -0.4 is 0 Å². The highest BCUT2D eigenvalue weighted by atomic mass is 35.5. The van der Waals surface area contributed by atoms with Gasteiger partial charge in [-0.25, -0.2) is 26.3 Å². The van der Waals surface area contributed by atoms with E-state index in [1.165, 1.54) is 24.3 Å². The van der Waals surface area contributed by atoms with Gasteiger partial charge in [-0.1, -0.05) is 48.6 Å². The van der Waals surface area contributed by atoms with Crippen molar-refractivity contribution in [1.29, 1.82) is 0 Å². The summed E-state index contributed by atoms with van der Waals surface area (Å²) in [7, 11) is 0. The number of hydrogen-bond acceptors (Lipinski definition) is 1. The molecule has 0 spiro atoms. The van der Waals surface area contributed by atoms with Crippen LogP contribution in [0.25, 0.3) is 0 Å². The molecule has 0 heterocycles. The first-order valence-electron chi connectivity index (χ1n) is 7.37. The van der Waals surface area contributed by atoms with Gasteiger partial charge in [0, 0.05) is 0 Å². The van der Waals surface area contributed by atoms with Gasteiger partial charge in [0.1, 0.15) is 18.2 Å². The standard InChI is InChI=1S/C16H12Cl4F6S/c17-13(9(21)11(23)24)5-1-3-7-15(13,19)27-16(20)8-4-2-6-14(16,18)10(22)12(25)26/h1-12H. The van der Waals surface area contributed by atoms with E-state index in [4.69, 9.17) is 46.4 Å². The van der Waals surface area contributed by atoms with Crippen LogP contribution in [0.3, 0.4) is 0 Å². The molecule has 0 radical (unpaired) electrons. The quantitative estimate of drug-likeness (QED) is 0.284. The molecule has 0 aliphatic heterocycles. The Balaban J connectivity index is 2.50. The lowest BCUT2D eigenvalue weighted by molar-refractivity contribution is 0.0324. The fourth-order valence-corrected chi connectivity index (χ4v) is 6.02. The van der Waals surface area contributed by atoms with Gasteiger partial charge in [-0.3, -0.25) is 0 Å². The lowest BCUT2D eigenvalue weighted by Crippen LogP contribution is -2.57. The zero-order valence-corrected chi connectivity index (χ0v) is 17.0. The molecule has 6 atom stereocenters. The van der Waals surface area contributed by atoms with E-state index >= 15 is 0 Å². The highest BCUT2D eigenvalue weighted by Gasteiger charge is 2.64. The first-order chi connectivity index (χ1) is 12.3. The van der Waals surface area contributed by atoms with Gasteiger partial charge in [0.05, 0.1) is 0 Å². The largest absolute Gasteiger partial charge is 0.271 e. The molecule has 0 nitrogen and oxygen atoms in total. The van der Waals surface area contributed by atoms with Crippen LogP contribution in [-0.4, -0.2) is 43.4 Å². The van der Waals surface area contributed by atoms with Gasteiger partial charge < -0.3 is 0 Å². The van der Waals surface area contributed by atoms with Crippen molar-refractivity contribution >= 4 is 58.2 Å². The Morgan fingerprint density at radius 2 is 0.852 bits per heavy atom. The van der Waals surface area contributed by atoms with Gasteiger partial charge in [0.15, 0.2) is 12.3 Å². The predicted octanol–water partition coefficient (Wildman–Crippen LogP) is 7.00. The van der Waals surface area contributed by atoms with Crippen molar-refractivity contribution in [2.24, 2.45) is 0 Å². The zero-order valence-electron chi connectivity index (χ0n) is 13.1. The summed E-state index contributed by atoms with van der Waals surface area (Å²) in [6.45, 7) is 0. The van der Waals surface area contributed by atoms with Crippen LogP contribution in [0.4, 0.5) is 26.3 Å². The summed E-state index contributed by atoms with van der Waals surface area (Å²) >= 11 is 25.2. The minimum Gasteiger partial charge on any atom is -0.239 e. The van der Waals surface area contributed by atoms with Gasteiger partial charge in [-0.2, -0.15) is 0 Å². The van der Waals surface area contributed by atoms with E-state index in [-0.39, 0.29) is 0 Å². The Kier molecular flexibility index (Phi) is 6.96. The summed E-state index contributed by atoms with van der Waals surface area (Å²) in [5, 5.41) is 0. The molecule has 2 aliphatic rings. The third-order valence-corrected chi connectivity index (χ3v) is 8.67. The van der Waals surface area contributed by atoms with Crippen LogP contribution in [0.15, 0.2) is 48.6 Å². The van der Waals surface area contributed by atoms with E-state index in [2.05, 4.69) is 0 Å². The highest BCUT2D eigenvalue weighted by Crippen LogP contribution is 2.62. The molecule has 0 bridgehead atoms. The molecule has 0 fully saturated rings. The van der Waals surface area contributed by atoms with Crippen molar-refractivity contribution in [2.45, 2.75) is 43.4 Å². The Labute approximate surface area is 176 Å². The number of alkyl halides is 10. The zero-order chi connectivity index (χ0) is 20.7. The fraction of sp³-hybridized carbons (Fsp3) is 0.500. The van der Waals surface area contributed by atoms with Gasteiger partial charge >= 0.3 is 0 Å². The molecular weight excluding hydrogens is 480 g/mol. The smallest absolute Gasteiger partial charge is 0.239 e. The Morgan fingerprint density at radius 1 is 0.556 bits per heavy atom. The normalized spacial score (nSPS) is 40.7. The first kappa shape index (κ1) is 23.3. The number of hydrogen-bond donors (Lipinski definition) is 0. The minimum atomic E-state index is -3.50. The molecule has 6 unspecified atom stereocenters. The van der Waals surface area contributed by atoms with Crippen molar-refractivity contribution in [3.8, 4) is 0 Å². The number of halogens is 10. The van der Waals surface area contributed by atoms with Gasteiger partial charge in [-0.15, -0.1) is 58.2 Å². The van der Waals surface area contributed by atoms with Crippen molar-refractivity contribution in [1.82, 2.24) is 0 Å². The summed E-state index contributed by atoms with van der Waals surface area (Å²) < 4.78 is 76.3. The minimum absolute atomic E-state index is 0.296. The van der Waals surface area contributed by atoms with Gasteiger partial charge in [-0.05, 0) is 0 Å². The van der Waals surface area contributed by atoms with Crippen molar-refractivity contribution in [2.75, 3.05) is 0 Å². The lowest BCUT2D eigenvalue weighted by atomic mass is 9.92.